The summed E-state index contributed by atoms with van der Waals surface area (Å²) < 4.78 is 5.13. The maximum atomic E-state index is 11.7. The van der Waals surface area contributed by atoms with E-state index in [1.165, 1.54) is 30.8 Å². The van der Waals surface area contributed by atoms with Crippen LogP contribution < -0.4 is 10.1 Å². The first kappa shape index (κ1) is 19.7. The second kappa shape index (κ2) is 9.15. The van der Waals surface area contributed by atoms with Crippen LogP contribution in [0, 0.1) is 0 Å². The van der Waals surface area contributed by atoms with Crippen molar-refractivity contribution in [1.29, 1.82) is 0 Å². The van der Waals surface area contributed by atoms with Crippen LogP contribution in [0.3, 0.4) is 0 Å². The minimum absolute atomic E-state index is 0.0963. The van der Waals surface area contributed by atoms with Gasteiger partial charge in [0, 0.05) is 12.7 Å². The summed E-state index contributed by atoms with van der Waals surface area (Å²) in [5.74, 6) is -0.125. The molecule has 3 N–H and O–H groups in total. The molecule has 0 fully saturated rings. The molecule has 0 radical (unpaired) electrons. The Balaban J connectivity index is 2.24. The van der Waals surface area contributed by atoms with Crippen molar-refractivity contribution in [3.63, 3.8) is 0 Å². The van der Waals surface area contributed by atoms with Gasteiger partial charge in [-0.2, -0.15) is 0 Å². The van der Waals surface area contributed by atoms with Gasteiger partial charge in [0.25, 0.3) is 0 Å². The zero-order valence-electron chi connectivity index (χ0n) is 14.5. The molecule has 2 rings (SSSR count). The van der Waals surface area contributed by atoms with Crippen molar-refractivity contribution < 1.29 is 24.5 Å². The number of phenolic OH excluding ortho intramolecular Hbond substituents is 1. The number of nitrogens with one attached hydrogen (secondary N) is 1. The number of benzene rings is 2. The van der Waals surface area contributed by atoms with E-state index >= 15 is 0 Å². The zero-order valence-corrected chi connectivity index (χ0v) is 15.3. The van der Waals surface area contributed by atoms with Crippen molar-refractivity contribution in [3.8, 4) is 11.5 Å². The van der Waals surface area contributed by atoms with Gasteiger partial charge < -0.3 is 20.3 Å². The lowest BCUT2D eigenvalue weighted by Crippen LogP contribution is -2.43. The molecule has 1 amide bonds. The van der Waals surface area contributed by atoms with Crippen LogP contribution in [-0.4, -0.2) is 35.2 Å². The molecule has 0 spiro atoms. The Bertz CT molecular complexity index is 746. The molecule has 0 aromatic heterocycles. The Morgan fingerprint density at radius 3 is 2.23 bits per heavy atom. The summed E-state index contributed by atoms with van der Waals surface area (Å²) in [4.78, 5) is 23.2. The molecule has 2 aromatic carbocycles. The number of carboxylic acids is 1. The highest BCUT2D eigenvalue weighted by Crippen LogP contribution is 2.36. The summed E-state index contributed by atoms with van der Waals surface area (Å²) in [7, 11) is 1.59. The molecule has 0 bridgehead atoms. The van der Waals surface area contributed by atoms with Crippen molar-refractivity contribution in [2.75, 3.05) is 7.11 Å². The van der Waals surface area contributed by atoms with Crippen LogP contribution in [0.5, 0.6) is 11.5 Å². The lowest BCUT2D eigenvalue weighted by Gasteiger charge is -2.24. The molecule has 2 atom stereocenters. The zero-order chi connectivity index (χ0) is 19.1. The normalized spacial score (nSPS) is 12.8. The predicted molar refractivity (Wildman–Crippen MR) is 100 cm³/mol. The van der Waals surface area contributed by atoms with Crippen LogP contribution in [0.1, 0.15) is 23.3 Å². The highest BCUT2D eigenvalue weighted by Gasteiger charge is 2.30. The number of carbonyl (C=O) groups is 2. The maximum absolute atomic E-state index is 11.7. The number of thioether (sulfide) groups is 1. The molecule has 0 heterocycles. The minimum atomic E-state index is -1.11. The minimum Gasteiger partial charge on any atom is -0.508 e. The SMILES string of the molecule is COc1ccc(CSC(c2ccc(O)cc2)[C@@H](NC(C)=O)C(=O)O)cc1. The molecule has 1 unspecified atom stereocenters. The fourth-order valence-corrected chi connectivity index (χ4v) is 3.73. The highest BCUT2D eigenvalue weighted by molar-refractivity contribution is 7.98. The first-order chi connectivity index (χ1) is 12.4. The number of aliphatic carboxylic acids is 1. The van der Waals surface area contributed by atoms with E-state index in [1.54, 1.807) is 19.2 Å². The van der Waals surface area contributed by atoms with Crippen LogP contribution in [0.25, 0.3) is 0 Å². The first-order valence-electron chi connectivity index (χ1n) is 7.94. The molecule has 0 aliphatic heterocycles. The number of rotatable bonds is 8. The molecule has 26 heavy (non-hydrogen) atoms. The van der Waals surface area contributed by atoms with Gasteiger partial charge in [0.05, 0.1) is 12.4 Å². The Morgan fingerprint density at radius 2 is 1.73 bits per heavy atom. The van der Waals surface area contributed by atoms with Gasteiger partial charge in [0.2, 0.25) is 5.91 Å². The van der Waals surface area contributed by atoms with Crippen LogP contribution >= 0.6 is 11.8 Å². The average molecular weight is 375 g/mol. The number of carboxylic acid groups (broad SMARTS) is 1. The van der Waals surface area contributed by atoms with Crippen molar-refractivity contribution >= 4 is 23.6 Å². The number of hydrogen-bond donors (Lipinski definition) is 3. The van der Waals surface area contributed by atoms with Crippen LogP contribution in [-0.2, 0) is 15.3 Å². The van der Waals surface area contributed by atoms with E-state index in [4.69, 9.17) is 4.74 Å². The van der Waals surface area contributed by atoms with E-state index in [9.17, 15) is 19.8 Å². The summed E-state index contributed by atoms with van der Waals surface area (Å²) in [6.45, 7) is 1.29. The van der Waals surface area contributed by atoms with E-state index in [2.05, 4.69) is 5.32 Å². The van der Waals surface area contributed by atoms with E-state index in [1.807, 2.05) is 24.3 Å². The van der Waals surface area contributed by atoms with Gasteiger partial charge >= 0.3 is 5.97 Å². The summed E-state index contributed by atoms with van der Waals surface area (Å²) in [5.41, 5.74) is 1.72. The number of ether oxygens (including phenoxy) is 1. The summed E-state index contributed by atoms with van der Waals surface area (Å²) in [6, 6.07) is 12.8. The molecule has 138 valence electrons. The number of phenols is 1. The van der Waals surface area contributed by atoms with Crippen LogP contribution in [0.4, 0.5) is 0 Å². The van der Waals surface area contributed by atoms with E-state index < -0.39 is 23.2 Å². The standard InChI is InChI=1S/C19H21NO5S/c1-12(21)20-17(19(23)24)18(14-5-7-15(22)8-6-14)26-11-13-3-9-16(25-2)10-4-13/h3-10,17-18,22H,11H2,1-2H3,(H,20,21)(H,23,24)/t17-,18?/m1/s1. The Labute approximate surface area is 156 Å². The number of hydrogen-bond acceptors (Lipinski definition) is 5. The summed E-state index contributed by atoms with van der Waals surface area (Å²) in [5, 5.41) is 21.1. The topological polar surface area (TPSA) is 95.9 Å². The van der Waals surface area contributed by atoms with Gasteiger partial charge in [-0.25, -0.2) is 4.79 Å². The van der Waals surface area contributed by atoms with Gasteiger partial charge in [0.1, 0.15) is 17.5 Å². The van der Waals surface area contributed by atoms with Gasteiger partial charge in [-0.1, -0.05) is 24.3 Å². The fraction of sp³-hybridized carbons (Fsp3) is 0.263. The average Bonchev–Trinajstić information content (AvgIpc) is 2.62. The second-order valence-electron chi connectivity index (χ2n) is 5.69. The molecule has 0 saturated carbocycles. The van der Waals surface area contributed by atoms with Gasteiger partial charge in [-0.15, -0.1) is 11.8 Å². The number of aromatic hydroxyl groups is 1. The van der Waals surface area contributed by atoms with Gasteiger partial charge in [-0.3, -0.25) is 4.79 Å². The highest BCUT2D eigenvalue weighted by atomic mass is 32.2. The molecular weight excluding hydrogens is 354 g/mol. The molecule has 2 aromatic rings. The largest absolute Gasteiger partial charge is 0.508 e. The Hall–Kier alpha value is -2.67. The van der Waals surface area contributed by atoms with E-state index in [-0.39, 0.29) is 5.75 Å². The monoisotopic (exact) mass is 375 g/mol. The maximum Gasteiger partial charge on any atom is 0.327 e. The van der Waals surface area contributed by atoms with E-state index in [0.29, 0.717) is 11.3 Å². The van der Waals surface area contributed by atoms with Crippen molar-refractivity contribution in [3.05, 3.63) is 59.7 Å². The molecule has 7 heteroatoms. The molecule has 0 saturated heterocycles. The van der Waals surface area contributed by atoms with Crippen molar-refractivity contribution in [2.24, 2.45) is 0 Å². The molecular formula is C19H21NO5S. The van der Waals surface area contributed by atoms with Crippen LogP contribution in [0.15, 0.2) is 48.5 Å². The third-order valence-corrected chi connectivity index (χ3v) is 5.14. The molecule has 0 aliphatic carbocycles. The number of methoxy groups -OCH3 is 1. The lowest BCUT2D eigenvalue weighted by molar-refractivity contribution is -0.141. The third-order valence-electron chi connectivity index (χ3n) is 3.74. The predicted octanol–water partition coefficient (Wildman–Crippen LogP) is 2.96. The second-order valence-corrected chi connectivity index (χ2v) is 6.82. The quantitative estimate of drug-likeness (QED) is 0.656. The molecule has 0 aliphatic rings. The summed E-state index contributed by atoms with van der Waals surface area (Å²) >= 11 is 1.41. The first-order valence-corrected chi connectivity index (χ1v) is 8.99. The third kappa shape index (κ3) is 5.42. The Morgan fingerprint density at radius 1 is 1.12 bits per heavy atom. The van der Waals surface area contributed by atoms with Crippen molar-refractivity contribution in [1.82, 2.24) is 5.32 Å². The smallest absolute Gasteiger partial charge is 0.327 e. The fourth-order valence-electron chi connectivity index (χ4n) is 2.44. The van der Waals surface area contributed by atoms with E-state index in [0.717, 1.165) is 11.3 Å². The van der Waals surface area contributed by atoms with Crippen molar-refractivity contribution in [2.45, 2.75) is 24.0 Å². The van der Waals surface area contributed by atoms with Gasteiger partial charge in [-0.05, 0) is 35.4 Å². The van der Waals surface area contributed by atoms with Gasteiger partial charge in [0.15, 0.2) is 0 Å². The summed E-state index contributed by atoms with van der Waals surface area (Å²) in [6.07, 6.45) is 0. The lowest BCUT2D eigenvalue weighted by atomic mass is 10.0. The number of amides is 1. The van der Waals surface area contributed by atoms with Crippen LogP contribution in [0.2, 0.25) is 0 Å². The Kier molecular flexibility index (Phi) is 6.91. The molecule has 6 nitrogen and oxygen atoms in total. The number of carbonyl (C=O) groups excluding carboxylic acids is 1.